The zero-order valence-corrected chi connectivity index (χ0v) is 11.5. The van der Waals surface area contributed by atoms with E-state index in [0.717, 1.165) is 23.5 Å². The van der Waals surface area contributed by atoms with Crippen LogP contribution in [0.3, 0.4) is 0 Å². The van der Waals surface area contributed by atoms with Crippen molar-refractivity contribution in [1.29, 1.82) is 0 Å². The second-order valence-corrected chi connectivity index (χ2v) is 4.12. The van der Waals surface area contributed by atoms with Crippen LogP contribution in [0, 0.1) is 24.0 Å². The first-order valence-corrected chi connectivity index (χ1v) is 5.85. The van der Waals surface area contributed by atoms with Crippen LogP contribution in [-0.4, -0.2) is 26.0 Å². The van der Waals surface area contributed by atoms with E-state index < -0.39 is 10.9 Å². The van der Waals surface area contributed by atoms with Gasteiger partial charge in [0, 0.05) is 23.5 Å². The molecule has 0 unspecified atom stereocenters. The maximum absolute atomic E-state index is 10.3. The summed E-state index contributed by atoms with van der Waals surface area (Å²) in [6.07, 6.45) is 0. The zero-order chi connectivity index (χ0) is 16.0. The van der Waals surface area contributed by atoms with E-state index in [1.54, 1.807) is 0 Å². The van der Waals surface area contributed by atoms with Crippen molar-refractivity contribution in [2.45, 2.75) is 13.8 Å². The zero-order valence-electron chi connectivity index (χ0n) is 11.5. The number of carboxylic acid groups (broad SMARTS) is 1. The summed E-state index contributed by atoms with van der Waals surface area (Å²) in [4.78, 5) is 27.7. The highest BCUT2D eigenvalue weighted by molar-refractivity contribution is 5.87. The molecular weight excluding hydrogens is 276 g/mol. The average molecular weight is 290 g/mol. The predicted molar refractivity (Wildman–Crippen MR) is 76.0 cm³/mol. The van der Waals surface area contributed by atoms with Crippen LogP contribution in [-0.2, 0) is 0 Å². The Bertz CT molecular complexity index is 572. The molecule has 0 saturated heterocycles. The SMILES string of the molecule is Cc1cc(C)nc(N)n1.O=C(O)c1ccc([N+](=O)[O-])cc1. The molecule has 2 aromatic rings. The number of anilines is 1. The van der Waals surface area contributed by atoms with Gasteiger partial charge in [0.05, 0.1) is 10.5 Å². The molecule has 1 aromatic carbocycles. The molecule has 0 saturated carbocycles. The molecule has 2 rings (SSSR count). The van der Waals surface area contributed by atoms with E-state index in [1.165, 1.54) is 12.1 Å². The van der Waals surface area contributed by atoms with Gasteiger partial charge in [-0.15, -0.1) is 0 Å². The molecule has 0 aliphatic carbocycles. The van der Waals surface area contributed by atoms with Gasteiger partial charge in [0.2, 0.25) is 5.95 Å². The molecule has 1 aromatic heterocycles. The Hall–Kier alpha value is -3.03. The van der Waals surface area contributed by atoms with Crippen LogP contribution in [0.4, 0.5) is 11.6 Å². The fourth-order valence-corrected chi connectivity index (χ4v) is 1.48. The van der Waals surface area contributed by atoms with Gasteiger partial charge in [-0.1, -0.05) is 0 Å². The summed E-state index contributed by atoms with van der Waals surface area (Å²) in [6, 6.07) is 6.59. The summed E-state index contributed by atoms with van der Waals surface area (Å²) in [5.41, 5.74) is 7.10. The summed E-state index contributed by atoms with van der Waals surface area (Å²) in [5, 5.41) is 18.6. The summed E-state index contributed by atoms with van der Waals surface area (Å²) >= 11 is 0. The lowest BCUT2D eigenvalue weighted by atomic mass is 10.2. The molecule has 8 nitrogen and oxygen atoms in total. The van der Waals surface area contributed by atoms with Crippen LogP contribution < -0.4 is 5.73 Å². The minimum absolute atomic E-state index is 0.0422. The van der Waals surface area contributed by atoms with Crippen LogP contribution in [0.5, 0.6) is 0 Å². The molecule has 0 radical (unpaired) electrons. The maximum Gasteiger partial charge on any atom is 0.335 e. The van der Waals surface area contributed by atoms with E-state index in [9.17, 15) is 14.9 Å². The number of rotatable bonds is 2. The molecule has 0 bridgehead atoms. The van der Waals surface area contributed by atoms with Crippen molar-refractivity contribution in [2.24, 2.45) is 0 Å². The Kier molecular flexibility index (Phi) is 5.30. The largest absolute Gasteiger partial charge is 0.478 e. The van der Waals surface area contributed by atoms with Crippen molar-refractivity contribution >= 4 is 17.6 Å². The molecule has 0 atom stereocenters. The van der Waals surface area contributed by atoms with Gasteiger partial charge < -0.3 is 10.8 Å². The van der Waals surface area contributed by atoms with E-state index in [1.807, 2.05) is 19.9 Å². The summed E-state index contributed by atoms with van der Waals surface area (Å²) < 4.78 is 0. The van der Waals surface area contributed by atoms with Gasteiger partial charge in [0.1, 0.15) is 0 Å². The Morgan fingerprint density at radius 1 is 1.19 bits per heavy atom. The number of nitro groups is 1. The quantitative estimate of drug-likeness (QED) is 0.638. The normalized spacial score (nSPS) is 9.43. The number of nitrogens with zero attached hydrogens (tertiary/aromatic N) is 3. The van der Waals surface area contributed by atoms with Crippen LogP contribution in [0.15, 0.2) is 30.3 Å². The molecule has 1 heterocycles. The smallest absolute Gasteiger partial charge is 0.335 e. The highest BCUT2D eigenvalue weighted by Crippen LogP contribution is 2.11. The fourth-order valence-electron chi connectivity index (χ4n) is 1.48. The number of carboxylic acids is 1. The van der Waals surface area contributed by atoms with Gasteiger partial charge in [-0.3, -0.25) is 10.1 Å². The first-order chi connectivity index (χ1) is 9.79. The molecule has 0 spiro atoms. The minimum atomic E-state index is -1.09. The van der Waals surface area contributed by atoms with Crippen molar-refractivity contribution in [1.82, 2.24) is 9.97 Å². The summed E-state index contributed by atoms with van der Waals surface area (Å²) in [6.45, 7) is 3.79. The summed E-state index contributed by atoms with van der Waals surface area (Å²) in [5.74, 6) is -0.739. The first kappa shape index (κ1) is 16.0. The van der Waals surface area contributed by atoms with Crippen molar-refractivity contribution in [2.75, 3.05) is 5.73 Å². The Morgan fingerprint density at radius 3 is 2.00 bits per heavy atom. The molecule has 0 aliphatic rings. The number of aromatic carboxylic acids is 1. The number of aromatic nitrogens is 2. The molecule has 0 amide bonds. The van der Waals surface area contributed by atoms with Crippen molar-refractivity contribution in [3.05, 3.63) is 57.4 Å². The molecule has 0 aliphatic heterocycles. The van der Waals surface area contributed by atoms with Gasteiger partial charge in [0.25, 0.3) is 5.69 Å². The number of hydrogen-bond donors (Lipinski definition) is 2. The Labute approximate surface area is 120 Å². The minimum Gasteiger partial charge on any atom is -0.478 e. The van der Waals surface area contributed by atoms with Crippen molar-refractivity contribution in [3.63, 3.8) is 0 Å². The van der Waals surface area contributed by atoms with E-state index in [2.05, 4.69) is 9.97 Å². The number of non-ortho nitro benzene ring substituents is 1. The molecule has 8 heteroatoms. The molecule has 3 N–H and O–H groups in total. The number of hydrogen-bond acceptors (Lipinski definition) is 6. The maximum atomic E-state index is 10.3. The number of nitrogen functional groups attached to an aromatic ring is 1. The van der Waals surface area contributed by atoms with Gasteiger partial charge >= 0.3 is 5.97 Å². The van der Waals surface area contributed by atoms with Gasteiger partial charge in [-0.2, -0.15) is 0 Å². The van der Waals surface area contributed by atoms with E-state index in [-0.39, 0.29) is 11.3 Å². The molecule has 21 heavy (non-hydrogen) atoms. The Balaban J connectivity index is 0.000000219. The lowest BCUT2D eigenvalue weighted by Crippen LogP contribution is -1.97. The number of aryl methyl sites for hydroxylation is 2. The topological polar surface area (TPSA) is 132 Å². The fraction of sp³-hybridized carbons (Fsp3) is 0.154. The van der Waals surface area contributed by atoms with Crippen LogP contribution in [0.1, 0.15) is 21.7 Å². The number of carbonyl (C=O) groups is 1. The first-order valence-electron chi connectivity index (χ1n) is 5.85. The van der Waals surface area contributed by atoms with Crippen LogP contribution in [0.25, 0.3) is 0 Å². The van der Waals surface area contributed by atoms with Gasteiger partial charge in [0.15, 0.2) is 0 Å². The third kappa shape index (κ3) is 5.23. The molecular formula is C13H14N4O4. The third-order valence-electron chi connectivity index (χ3n) is 2.32. The van der Waals surface area contributed by atoms with Crippen LogP contribution >= 0.6 is 0 Å². The molecule has 0 fully saturated rings. The second kappa shape index (κ2) is 6.94. The number of benzene rings is 1. The van der Waals surface area contributed by atoms with Crippen LogP contribution in [0.2, 0.25) is 0 Å². The monoisotopic (exact) mass is 290 g/mol. The van der Waals surface area contributed by atoms with Crippen molar-refractivity contribution in [3.8, 4) is 0 Å². The predicted octanol–water partition coefficient (Wildman–Crippen LogP) is 1.97. The number of nitrogens with two attached hydrogens (primary N) is 1. The number of nitro benzene ring substituents is 1. The van der Waals surface area contributed by atoms with Crippen molar-refractivity contribution < 1.29 is 14.8 Å². The van der Waals surface area contributed by atoms with Gasteiger partial charge in [-0.05, 0) is 32.0 Å². The highest BCUT2D eigenvalue weighted by Gasteiger charge is 2.06. The summed E-state index contributed by atoms with van der Waals surface area (Å²) in [7, 11) is 0. The average Bonchev–Trinajstić information content (AvgIpc) is 2.37. The van der Waals surface area contributed by atoms with Gasteiger partial charge in [-0.25, -0.2) is 14.8 Å². The third-order valence-corrected chi connectivity index (χ3v) is 2.32. The standard InChI is InChI=1S/C7H5NO4.C6H9N3/c9-7(10)5-1-3-6(4-2-5)8(11)12;1-4-3-5(2)9-6(7)8-4/h1-4H,(H,9,10);3H,1-2H3,(H2,7,8,9). The Morgan fingerprint density at radius 2 is 1.67 bits per heavy atom. The van der Waals surface area contributed by atoms with E-state index >= 15 is 0 Å². The van der Waals surface area contributed by atoms with E-state index in [0.29, 0.717) is 5.95 Å². The van der Waals surface area contributed by atoms with E-state index in [4.69, 9.17) is 10.8 Å². The highest BCUT2D eigenvalue weighted by atomic mass is 16.6. The second-order valence-electron chi connectivity index (χ2n) is 4.12. The molecule has 110 valence electrons. The lowest BCUT2D eigenvalue weighted by molar-refractivity contribution is -0.384. The lowest BCUT2D eigenvalue weighted by Gasteiger charge is -1.94.